The van der Waals surface area contributed by atoms with Crippen LogP contribution in [0.3, 0.4) is 0 Å². The van der Waals surface area contributed by atoms with E-state index in [1.165, 1.54) is 0 Å². The molecular weight excluding hydrogens is 330 g/mol. The number of anilines is 1. The summed E-state index contributed by atoms with van der Waals surface area (Å²) in [6.45, 7) is 0.638. The number of unbranched alkanes of at least 4 members (excludes halogenated alkanes) is 1. The van der Waals surface area contributed by atoms with Gasteiger partial charge >= 0.3 is 0 Å². The standard InChI is InChI=1S/C16H21N3O.BrH/c17-10-4-3-7-15(18)16(20)19-14-9-8-12-5-1-2-6-13(12)11-14;/h1-2,5-6,8-9,11,15H,3-4,7,10,17-18H2,(H,19,20);1H. The number of benzene rings is 2. The molecule has 2 aromatic carbocycles. The number of nitrogens with two attached hydrogens (primary N) is 2. The Morgan fingerprint density at radius 3 is 2.52 bits per heavy atom. The number of nitrogens with one attached hydrogen (secondary N) is 1. The van der Waals surface area contributed by atoms with E-state index in [4.69, 9.17) is 11.5 Å². The summed E-state index contributed by atoms with van der Waals surface area (Å²) < 4.78 is 0. The van der Waals surface area contributed by atoms with Crippen LogP contribution >= 0.6 is 17.0 Å². The van der Waals surface area contributed by atoms with Crippen molar-refractivity contribution < 1.29 is 4.79 Å². The molecule has 1 unspecified atom stereocenters. The van der Waals surface area contributed by atoms with Crippen LogP contribution < -0.4 is 16.8 Å². The number of rotatable bonds is 6. The second kappa shape index (κ2) is 8.77. The van der Waals surface area contributed by atoms with Gasteiger partial charge in [-0.25, -0.2) is 0 Å². The first-order valence-corrected chi connectivity index (χ1v) is 6.96. The molecule has 0 aliphatic carbocycles. The lowest BCUT2D eigenvalue weighted by molar-refractivity contribution is -0.117. The van der Waals surface area contributed by atoms with Gasteiger partial charge in [-0.3, -0.25) is 4.79 Å². The molecule has 4 nitrogen and oxygen atoms in total. The molecule has 0 radical (unpaired) electrons. The van der Waals surface area contributed by atoms with Gasteiger partial charge in [-0.2, -0.15) is 0 Å². The van der Waals surface area contributed by atoms with Crippen LogP contribution in [0.2, 0.25) is 0 Å². The molecule has 0 saturated carbocycles. The molecule has 0 aliphatic heterocycles. The highest BCUT2D eigenvalue weighted by atomic mass is 79.9. The second-order valence-electron chi connectivity index (χ2n) is 4.94. The van der Waals surface area contributed by atoms with Crippen molar-refractivity contribution in [2.75, 3.05) is 11.9 Å². The van der Waals surface area contributed by atoms with Crippen LogP contribution in [-0.2, 0) is 4.79 Å². The molecule has 0 aromatic heterocycles. The molecule has 0 spiro atoms. The highest BCUT2D eigenvalue weighted by Crippen LogP contribution is 2.19. The lowest BCUT2D eigenvalue weighted by atomic mass is 10.1. The van der Waals surface area contributed by atoms with Gasteiger partial charge in [0.25, 0.3) is 0 Å². The van der Waals surface area contributed by atoms with Gasteiger partial charge in [0.1, 0.15) is 0 Å². The summed E-state index contributed by atoms with van der Waals surface area (Å²) in [7, 11) is 0. The predicted molar refractivity (Wildman–Crippen MR) is 93.8 cm³/mol. The molecule has 2 aromatic rings. The average Bonchev–Trinajstić information content (AvgIpc) is 2.47. The van der Waals surface area contributed by atoms with Crippen LogP contribution in [0.5, 0.6) is 0 Å². The Morgan fingerprint density at radius 1 is 1.10 bits per heavy atom. The minimum Gasteiger partial charge on any atom is -0.330 e. The minimum absolute atomic E-state index is 0. The van der Waals surface area contributed by atoms with Crippen LogP contribution in [0.25, 0.3) is 10.8 Å². The van der Waals surface area contributed by atoms with Gasteiger partial charge < -0.3 is 16.8 Å². The summed E-state index contributed by atoms with van der Waals surface area (Å²) in [6, 6.07) is 13.4. The Bertz CT molecular complexity index is 588. The van der Waals surface area contributed by atoms with Crippen molar-refractivity contribution in [1.29, 1.82) is 0 Å². The highest BCUT2D eigenvalue weighted by Gasteiger charge is 2.13. The average molecular weight is 352 g/mol. The minimum atomic E-state index is -0.479. The largest absolute Gasteiger partial charge is 0.330 e. The Labute approximate surface area is 135 Å². The van der Waals surface area contributed by atoms with Crippen molar-refractivity contribution >= 4 is 39.3 Å². The van der Waals surface area contributed by atoms with Crippen molar-refractivity contribution in [3.8, 4) is 0 Å². The maximum absolute atomic E-state index is 12.0. The number of carbonyl (C=O) groups is 1. The van der Waals surface area contributed by atoms with Crippen LogP contribution in [0, 0.1) is 0 Å². The zero-order valence-electron chi connectivity index (χ0n) is 11.9. The summed E-state index contributed by atoms with van der Waals surface area (Å²) in [6.07, 6.45) is 2.44. The fourth-order valence-corrected chi connectivity index (χ4v) is 2.14. The normalized spacial score (nSPS) is 11.7. The molecule has 0 bridgehead atoms. The third kappa shape index (κ3) is 5.12. The fraction of sp³-hybridized carbons (Fsp3) is 0.312. The third-order valence-corrected chi connectivity index (χ3v) is 3.32. The zero-order chi connectivity index (χ0) is 14.4. The van der Waals surface area contributed by atoms with E-state index >= 15 is 0 Å². The first-order chi connectivity index (χ1) is 9.70. The molecule has 0 saturated heterocycles. The Kier molecular flexibility index (Phi) is 7.36. The van der Waals surface area contributed by atoms with Crippen molar-refractivity contribution in [3.63, 3.8) is 0 Å². The van der Waals surface area contributed by atoms with Crippen molar-refractivity contribution in [1.82, 2.24) is 0 Å². The van der Waals surface area contributed by atoms with E-state index in [2.05, 4.69) is 5.32 Å². The molecule has 0 fully saturated rings. The van der Waals surface area contributed by atoms with Crippen LogP contribution in [0.1, 0.15) is 19.3 Å². The van der Waals surface area contributed by atoms with E-state index in [9.17, 15) is 4.79 Å². The quantitative estimate of drug-likeness (QED) is 0.700. The Balaban J connectivity index is 0.00000220. The molecule has 2 rings (SSSR count). The highest BCUT2D eigenvalue weighted by molar-refractivity contribution is 8.93. The molecule has 1 atom stereocenters. The first kappa shape index (κ1) is 17.6. The van der Waals surface area contributed by atoms with E-state index in [1.807, 2.05) is 42.5 Å². The lowest BCUT2D eigenvalue weighted by Gasteiger charge is -2.12. The lowest BCUT2D eigenvalue weighted by Crippen LogP contribution is -2.35. The molecule has 114 valence electrons. The number of hydrogen-bond acceptors (Lipinski definition) is 3. The molecule has 0 heterocycles. The summed E-state index contributed by atoms with van der Waals surface area (Å²) >= 11 is 0. The zero-order valence-corrected chi connectivity index (χ0v) is 13.6. The van der Waals surface area contributed by atoms with Gasteiger partial charge in [-0.05, 0) is 42.3 Å². The fourth-order valence-electron chi connectivity index (χ4n) is 2.14. The number of halogens is 1. The van der Waals surface area contributed by atoms with E-state index in [0.29, 0.717) is 13.0 Å². The monoisotopic (exact) mass is 351 g/mol. The molecule has 5 heteroatoms. The second-order valence-corrected chi connectivity index (χ2v) is 4.94. The smallest absolute Gasteiger partial charge is 0.241 e. The van der Waals surface area contributed by atoms with Gasteiger partial charge in [0.2, 0.25) is 5.91 Å². The topological polar surface area (TPSA) is 81.1 Å². The maximum atomic E-state index is 12.0. The van der Waals surface area contributed by atoms with Crippen molar-refractivity contribution in [2.24, 2.45) is 11.5 Å². The van der Waals surface area contributed by atoms with Crippen LogP contribution in [0.4, 0.5) is 5.69 Å². The Morgan fingerprint density at radius 2 is 1.81 bits per heavy atom. The Hall–Kier alpha value is -1.43. The van der Waals surface area contributed by atoms with Crippen molar-refractivity contribution in [2.45, 2.75) is 25.3 Å². The van der Waals surface area contributed by atoms with E-state index in [-0.39, 0.29) is 22.9 Å². The van der Waals surface area contributed by atoms with Crippen molar-refractivity contribution in [3.05, 3.63) is 42.5 Å². The molecule has 5 N–H and O–H groups in total. The van der Waals surface area contributed by atoms with Gasteiger partial charge in [0, 0.05) is 5.69 Å². The molecule has 1 amide bonds. The maximum Gasteiger partial charge on any atom is 0.241 e. The third-order valence-electron chi connectivity index (χ3n) is 3.32. The predicted octanol–water partition coefficient (Wildman–Crippen LogP) is 2.81. The summed E-state index contributed by atoms with van der Waals surface area (Å²) in [5, 5.41) is 5.12. The molecule has 0 aliphatic rings. The molecule has 21 heavy (non-hydrogen) atoms. The summed E-state index contributed by atoms with van der Waals surface area (Å²) in [5.41, 5.74) is 12.1. The van der Waals surface area contributed by atoms with Gasteiger partial charge in [-0.15, -0.1) is 17.0 Å². The van der Waals surface area contributed by atoms with Crippen LogP contribution in [-0.4, -0.2) is 18.5 Å². The number of amides is 1. The van der Waals surface area contributed by atoms with Gasteiger partial charge in [0.05, 0.1) is 6.04 Å². The van der Waals surface area contributed by atoms with E-state index < -0.39 is 6.04 Å². The first-order valence-electron chi connectivity index (χ1n) is 6.96. The van der Waals surface area contributed by atoms with E-state index in [1.54, 1.807) is 0 Å². The molecular formula is C16H22BrN3O. The number of carbonyl (C=O) groups excluding carboxylic acids is 1. The number of fused-ring (bicyclic) bond motifs is 1. The summed E-state index contributed by atoms with van der Waals surface area (Å²) in [5.74, 6) is -0.141. The summed E-state index contributed by atoms with van der Waals surface area (Å²) in [4.78, 5) is 12.0. The number of hydrogen-bond donors (Lipinski definition) is 3. The van der Waals surface area contributed by atoms with Gasteiger partial charge in [0.15, 0.2) is 0 Å². The van der Waals surface area contributed by atoms with Gasteiger partial charge in [-0.1, -0.05) is 36.8 Å². The van der Waals surface area contributed by atoms with E-state index in [0.717, 1.165) is 29.3 Å². The SMILES string of the molecule is Br.NCCCCC(N)C(=O)Nc1ccc2ccccc2c1. The van der Waals surface area contributed by atoms with Crippen LogP contribution in [0.15, 0.2) is 42.5 Å².